The van der Waals surface area contributed by atoms with E-state index in [1.165, 1.54) is 19.3 Å². The number of aromatic amines is 1. The van der Waals surface area contributed by atoms with Crippen LogP contribution in [0.4, 0.5) is 5.69 Å². The maximum atomic E-state index is 12.1. The first kappa shape index (κ1) is 11.3. The van der Waals surface area contributed by atoms with E-state index in [2.05, 4.69) is 15.3 Å². The molecule has 0 bridgehead atoms. The zero-order chi connectivity index (χ0) is 12.4. The van der Waals surface area contributed by atoms with Gasteiger partial charge in [0.25, 0.3) is 0 Å². The molecule has 1 fully saturated rings. The fourth-order valence-electron chi connectivity index (χ4n) is 2.62. The molecule has 0 spiro atoms. The van der Waals surface area contributed by atoms with E-state index in [1.54, 1.807) is 6.33 Å². The normalized spacial score (nSPS) is 16.9. The maximum absolute atomic E-state index is 12.1. The number of carbonyl (C=O) groups is 1. The highest BCUT2D eigenvalue weighted by atomic mass is 16.1. The smallest absolute Gasteiger partial charge is 0.227 e. The molecule has 0 saturated heterocycles. The SMILES string of the molecule is O=C(Nc1ccc2nc[nH]c2c1)C1CCCCC1. The molecule has 18 heavy (non-hydrogen) atoms. The summed E-state index contributed by atoms with van der Waals surface area (Å²) in [5.41, 5.74) is 2.73. The van der Waals surface area contributed by atoms with E-state index in [-0.39, 0.29) is 11.8 Å². The molecule has 4 nitrogen and oxygen atoms in total. The van der Waals surface area contributed by atoms with Crippen molar-refractivity contribution >= 4 is 22.6 Å². The topological polar surface area (TPSA) is 57.8 Å². The Morgan fingerprint density at radius 1 is 1.28 bits per heavy atom. The van der Waals surface area contributed by atoms with Crippen molar-refractivity contribution in [1.82, 2.24) is 9.97 Å². The summed E-state index contributed by atoms with van der Waals surface area (Å²) in [7, 11) is 0. The molecule has 1 amide bonds. The molecular formula is C14H17N3O. The molecule has 1 aliphatic carbocycles. The minimum absolute atomic E-state index is 0.161. The third-order valence-electron chi connectivity index (χ3n) is 3.66. The highest BCUT2D eigenvalue weighted by Crippen LogP contribution is 2.25. The van der Waals surface area contributed by atoms with Crippen LogP contribution in [0.1, 0.15) is 32.1 Å². The Hall–Kier alpha value is -1.84. The number of nitrogens with zero attached hydrogens (tertiary/aromatic N) is 1. The number of aromatic nitrogens is 2. The van der Waals surface area contributed by atoms with Gasteiger partial charge in [0.15, 0.2) is 0 Å². The number of amides is 1. The average Bonchev–Trinajstić information content (AvgIpc) is 2.87. The Labute approximate surface area is 106 Å². The highest BCUT2D eigenvalue weighted by molar-refractivity contribution is 5.94. The molecule has 1 aromatic heterocycles. The third-order valence-corrected chi connectivity index (χ3v) is 3.66. The van der Waals surface area contributed by atoms with E-state index in [9.17, 15) is 4.79 Å². The number of rotatable bonds is 2. The van der Waals surface area contributed by atoms with Gasteiger partial charge < -0.3 is 10.3 Å². The monoisotopic (exact) mass is 243 g/mol. The van der Waals surface area contributed by atoms with E-state index < -0.39 is 0 Å². The van der Waals surface area contributed by atoms with Gasteiger partial charge in [-0.3, -0.25) is 4.79 Å². The lowest BCUT2D eigenvalue weighted by atomic mass is 9.88. The Bertz CT molecular complexity index is 555. The summed E-state index contributed by atoms with van der Waals surface area (Å²) in [6.07, 6.45) is 7.34. The molecule has 0 radical (unpaired) electrons. The molecule has 0 unspecified atom stereocenters. The minimum atomic E-state index is 0.161. The number of H-pyrrole nitrogens is 1. The van der Waals surface area contributed by atoms with Crippen LogP contribution in [-0.2, 0) is 4.79 Å². The molecular weight excluding hydrogens is 226 g/mol. The van der Waals surface area contributed by atoms with Crippen LogP contribution in [-0.4, -0.2) is 15.9 Å². The van der Waals surface area contributed by atoms with Crippen molar-refractivity contribution in [2.75, 3.05) is 5.32 Å². The Balaban J connectivity index is 1.72. The largest absolute Gasteiger partial charge is 0.345 e. The summed E-state index contributed by atoms with van der Waals surface area (Å²) >= 11 is 0. The molecule has 1 aromatic carbocycles. The van der Waals surface area contributed by atoms with Crippen molar-refractivity contribution in [3.8, 4) is 0 Å². The summed E-state index contributed by atoms with van der Waals surface area (Å²) < 4.78 is 0. The quantitative estimate of drug-likeness (QED) is 0.851. The average molecular weight is 243 g/mol. The van der Waals surface area contributed by atoms with Crippen LogP contribution in [0, 0.1) is 5.92 Å². The molecule has 1 aliphatic rings. The van der Waals surface area contributed by atoms with Crippen molar-refractivity contribution in [1.29, 1.82) is 0 Å². The predicted molar refractivity (Wildman–Crippen MR) is 71.3 cm³/mol. The lowest BCUT2D eigenvalue weighted by molar-refractivity contribution is -0.120. The summed E-state index contributed by atoms with van der Waals surface area (Å²) in [6.45, 7) is 0. The van der Waals surface area contributed by atoms with Crippen molar-refractivity contribution in [2.24, 2.45) is 5.92 Å². The van der Waals surface area contributed by atoms with Crippen LogP contribution in [0.25, 0.3) is 11.0 Å². The van der Waals surface area contributed by atoms with Gasteiger partial charge in [-0.05, 0) is 31.0 Å². The van der Waals surface area contributed by atoms with Gasteiger partial charge >= 0.3 is 0 Å². The summed E-state index contributed by atoms with van der Waals surface area (Å²) in [5.74, 6) is 0.352. The van der Waals surface area contributed by atoms with E-state index >= 15 is 0 Å². The van der Waals surface area contributed by atoms with Crippen LogP contribution >= 0.6 is 0 Å². The number of hydrogen-bond donors (Lipinski definition) is 2. The number of anilines is 1. The van der Waals surface area contributed by atoms with E-state index in [4.69, 9.17) is 0 Å². The van der Waals surface area contributed by atoms with Crippen LogP contribution in [0.5, 0.6) is 0 Å². The second kappa shape index (κ2) is 4.80. The Morgan fingerprint density at radius 2 is 2.11 bits per heavy atom. The fourth-order valence-corrected chi connectivity index (χ4v) is 2.62. The summed E-state index contributed by atoms with van der Waals surface area (Å²) in [4.78, 5) is 19.3. The minimum Gasteiger partial charge on any atom is -0.345 e. The number of carbonyl (C=O) groups excluding carboxylic acids is 1. The van der Waals surface area contributed by atoms with Crippen LogP contribution in [0.15, 0.2) is 24.5 Å². The zero-order valence-electron chi connectivity index (χ0n) is 10.3. The first-order valence-corrected chi connectivity index (χ1v) is 6.57. The van der Waals surface area contributed by atoms with Gasteiger partial charge in [-0.15, -0.1) is 0 Å². The fraction of sp³-hybridized carbons (Fsp3) is 0.429. The molecule has 0 atom stereocenters. The molecule has 4 heteroatoms. The van der Waals surface area contributed by atoms with E-state index in [0.29, 0.717) is 0 Å². The second-order valence-corrected chi connectivity index (χ2v) is 4.96. The number of nitrogens with one attached hydrogen (secondary N) is 2. The van der Waals surface area contributed by atoms with Crippen molar-refractivity contribution in [2.45, 2.75) is 32.1 Å². The molecule has 1 heterocycles. The van der Waals surface area contributed by atoms with Crippen LogP contribution < -0.4 is 5.32 Å². The van der Waals surface area contributed by atoms with Gasteiger partial charge in [0.05, 0.1) is 17.4 Å². The maximum Gasteiger partial charge on any atom is 0.227 e. The number of fused-ring (bicyclic) bond motifs is 1. The molecule has 1 saturated carbocycles. The lowest BCUT2D eigenvalue weighted by Crippen LogP contribution is -2.24. The Morgan fingerprint density at radius 3 is 2.94 bits per heavy atom. The second-order valence-electron chi connectivity index (χ2n) is 4.96. The third kappa shape index (κ3) is 2.23. The van der Waals surface area contributed by atoms with Gasteiger partial charge in [0.1, 0.15) is 0 Å². The van der Waals surface area contributed by atoms with Gasteiger partial charge in [-0.1, -0.05) is 19.3 Å². The van der Waals surface area contributed by atoms with E-state index in [0.717, 1.165) is 29.6 Å². The van der Waals surface area contributed by atoms with E-state index in [1.807, 2.05) is 18.2 Å². The zero-order valence-corrected chi connectivity index (χ0v) is 10.3. The molecule has 3 rings (SSSR count). The molecule has 0 aliphatic heterocycles. The number of imidazole rings is 1. The van der Waals surface area contributed by atoms with Gasteiger partial charge in [-0.25, -0.2) is 4.98 Å². The first-order valence-electron chi connectivity index (χ1n) is 6.57. The number of benzene rings is 1. The van der Waals surface area contributed by atoms with Gasteiger partial charge in [0.2, 0.25) is 5.91 Å². The van der Waals surface area contributed by atoms with Crippen molar-refractivity contribution in [3.63, 3.8) is 0 Å². The Kier molecular flexibility index (Phi) is 3.00. The first-order chi connectivity index (χ1) is 8.83. The van der Waals surface area contributed by atoms with Gasteiger partial charge in [-0.2, -0.15) is 0 Å². The van der Waals surface area contributed by atoms with Crippen LogP contribution in [0.2, 0.25) is 0 Å². The lowest BCUT2D eigenvalue weighted by Gasteiger charge is -2.20. The highest BCUT2D eigenvalue weighted by Gasteiger charge is 2.20. The van der Waals surface area contributed by atoms with Crippen LogP contribution in [0.3, 0.4) is 0 Å². The number of hydrogen-bond acceptors (Lipinski definition) is 2. The summed E-state index contributed by atoms with van der Waals surface area (Å²) in [6, 6.07) is 5.76. The molecule has 94 valence electrons. The van der Waals surface area contributed by atoms with Crippen molar-refractivity contribution in [3.05, 3.63) is 24.5 Å². The molecule has 2 aromatic rings. The summed E-state index contributed by atoms with van der Waals surface area (Å²) in [5, 5.41) is 3.01. The predicted octanol–water partition coefficient (Wildman–Crippen LogP) is 3.08. The van der Waals surface area contributed by atoms with Gasteiger partial charge in [0, 0.05) is 11.6 Å². The van der Waals surface area contributed by atoms with Crippen molar-refractivity contribution < 1.29 is 4.79 Å². The molecule has 2 N–H and O–H groups in total. The standard InChI is InChI=1S/C14H17N3O/c18-14(10-4-2-1-3-5-10)17-11-6-7-12-13(8-11)16-9-15-12/h6-10H,1-5H2,(H,15,16)(H,17,18).